The molecular formula is C11H15NO. The lowest BCUT2D eigenvalue weighted by molar-refractivity contribution is 0.139. The van der Waals surface area contributed by atoms with Gasteiger partial charge in [0.2, 0.25) is 0 Å². The first-order chi connectivity index (χ1) is 6.12. The highest BCUT2D eigenvalue weighted by Crippen LogP contribution is 2.39. The largest absolute Gasteiger partial charge is 0.485 e. The summed E-state index contributed by atoms with van der Waals surface area (Å²) >= 11 is 0. The maximum absolute atomic E-state index is 5.85. The average Bonchev–Trinajstić information content (AvgIpc) is 2.37. The number of hydrogen-bond acceptors (Lipinski definition) is 2. The van der Waals surface area contributed by atoms with Crippen molar-refractivity contribution in [1.82, 2.24) is 0 Å². The van der Waals surface area contributed by atoms with E-state index in [1.807, 2.05) is 13.1 Å². The number of hydrogen-bond donors (Lipinski definition) is 1. The lowest BCUT2D eigenvalue weighted by Gasteiger charge is -2.17. The van der Waals surface area contributed by atoms with E-state index in [2.05, 4.69) is 31.3 Å². The van der Waals surface area contributed by atoms with Crippen LogP contribution in [-0.4, -0.2) is 12.6 Å². The van der Waals surface area contributed by atoms with Gasteiger partial charge in [-0.05, 0) is 19.9 Å². The van der Waals surface area contributed by atoms with Crippen molar-refractivity contribution in [2.45, 2.75) is 25.9 Å². The van der Waals surface area contributed by atoms with Gasteiger partial charge in [-0.25, -0.2) is 0 Å². The van der Waals surface area contributed by atoms with Crippen LogP contribution in [-0.2, 0) is 6.42 Å². The molecule has 0 amide bonds. The number of rotatable bonds is 1. The van der Waals surface area contributed by atoms with Crippen LogP contribution in [0.4, 0.5) is 5.69 Å². The zero-order valence-electron chi connectivity index (χ0n) is 8.35. The van der Waals surface area contributed by atoms with Crippen molar-refractivity contribution in [1.29, 1.82) is 0 Å². The van der Waals surface area contributed by atoms with E-state index in [-0.39, 0.29) is 5.60 Å². The summed E-state index contributed by atoms with van der Waals surface area (Å²) < 4.78 is 5.85. The highest BCUT2D eigenvalue weighted by Gasteiger charge is 2.31. The monoisotopic (exact) mass is 177 g/mol. The molecule has 1 aliphatic heterocycles. The molecule has 0 spiro atoms. The van der Waals surface area contributed by atoms with Gasteiger partial charge < -0.3 is 10.1 Å². The van der Waals surface area contributed by atoms with Crippen LogP contribution in [0.2, 0.25) is 0 Å². The summed E-state index contributed by atoms with van der Waals surface area (Å²) in [7, 11) is 1.92. The molecule has 1 aromatic rings. The van der Waals surface area contributed by atoms with E-state index in [0.717, 1.165) is 17.9 Å². The molecule has 70 valence electrons. The Labute approximate surface area is 78.9 Å². The lowest BCUT2D eigenvalue weighted by atomic mass is 10.0. The molecule has 0 unspecified atom stereocenters. The molecule has 0 saturated heterocycles. The number of anilines is 1. The molecular weight excluding hydrogens is 162 g/mol. The summed E-state index contributed by atoms with van der Waals surface area (Å²) in [6, 6.07) is 6.24. The SMILES string of the molecule is CNc1cccc2c1OC(C)(C)C2. The van der Waals surface area contributed by atoms with Crippen molar-refractivity contribution >= 4 is 5.69 Å². The fourth-order valence-electron chi connectivity index (χ4n) is 1.81. The van der Waals surface area contributed by atoms with E-state index in [1.165, 1.54) is 5.56 Å². The summed E-state index contributed by atoms with van der Waals surface area (Å²) in [5.41, 5.74) is 2.34. The van der Waals surface area contributed by atoms with Crippen molar-refractivity contribution in [3.63, 3.8) is 0 Å². The van der Waals surface area contributed by atoms with Crippen LogP contribution in [0.5, 0.6) is 5.75 Å². The van der Waals surface area contributed by atoms with Gasteiger partial charge in [0, 0.05) is 19.0 Å². The standard InChI is InChI=1S/C11H15NO/c1-11(2)7-8-5-4-6-9(12-3)10(8)13-11/h4-6,12H,7H2,1-3H3. The topological polar surface area (TPSA) is 21.3 Å². The minimum absolute atomic E-state index is 0.0463. The van der Waals surface area contributed by atoms with Crippen LogP contribution in [0.3, 0.4) is 0 Å². The van der Waals surface area contributed by atoms with Crippen LogP contribution in [0.15, 0.2) is 18.2 Å². The lowest BCUT2D eigenvalue weighted by Crippen LogP contribution is -2.24. The number of ether oxygens (including phenoxy) is 1. The van der Waals surface area contributed by atoms with Crippen molar-refractivity contribution in [3.8, 4) is 5.75 Å². The van der Waals surface area contributed by atoms with Crippen molar-refractivity contribution < 1.29 is 4.74 Å². The Balaban J connectivity index is 2.45. The molecule has 13 heavy (non-hydrogen) atoms. The van der Waals surface area contributed by atoms with E-state index in [4.69, 9.17) is 4.74 Å². The Morgan fingerprint density at radius 2 is 2.15 bits per heavy atom. The Kier molecular flexibility index (Phi) is 1.72. The van der Waals surface area contributed by atoms with Crippen LogP contribution >= 0.6 is 0 Å². The molecule has 2 heteroatoms. The number of benzene rings is 1. The molecule has 1 aliphatic rings. The third kappa shape index (κ3) is 1.37. The number of para-hydroxylation sites is 1. The van der Waals surface area contributed by atoms with Crippen molar-refractivity contribution in [2.24, 2.45) is 0 Å². The fraction of sp³-hybridized carbons (Fsp3) is 0.455. The first-order valence-corrected chi connectivity index (χ1v) is 4.61. The third-order valence-corrected chi connectivity index (χ3v) is 2.36. The second kappa shape index (κ2) is 2.66. The van der Waals surface area contributed by atoms with Crippen molar-refractivity contribution in [2.75, 3.05) is 12.4 Å². The number of nitrogens with one attached hydrogen (secondary N) is 1. The van der Waals surface area contributed by atoms with Gasteiger partial charge in [-0.1, -0.05) is 12.1 Å². The first-order valence-electron chi connectivity index (χ1n) is 4.61. The van der Waals surface area contributed by atoms with E-state index >= 15 is 0 Å². The Morgan fingerprint density at radius 1 is 1.38 bits per heavy atom. The molecule has 0 bridgehead atoms. The Morgan fingerprint density at radius 3 is 2.85 bits per heavy atom. The van der Waals surface area contributed by atoms with Crippen LogP contribution in [0.1, 0.15) is 19.4 Å². The Bertz CT molecular complexity index is 331. The molecule has 0 atom stereocenters. The minimum Gasteiger partial charge on any atom is -0.485 e. The predicted molar refractivity (Wildman–Crippen MR) is 54.4 cm³/mol. The maximum atomic E-state index is 5.85. The zero-order valence-corrected chi connectivity index (χ0v) is 8.35. The second-order valence-corrected chi connectivity index (χ2v) is 4.08. The van der Waals surface area contributed by atoms with Gasteiger partial charge in [0.1, 0.15) is 11.4 Å². The average molecular weight is 177 g/mol. The molecule has 2 nitrogen and oxygen atoms in total. The minimum atomic E-state index is -0.0463. The van der Waals surface area contributed by atoms with Crippen molar-refractivity contribution in [3.05, 3.63) is 23.8 Å². The highest BCUT2D eigenvalue weighted by atomic mass is 16.5. The molecule has 1 heterocycles. The molecule has 2 rings (SSSR count). The normalized spacial score (nSPS) is 17.8. The van der Waals surface area contributed by atoms with E-state index in [0.29, 0.717) is 0 Å². The first kappa shape index (κ1) is 8.42. The summed E-state index contributed by atoms with van der Waals surface area (Å²) in [4.78, 5) is 0. The van der Waals surface area contributed by atoms with Gasteiger partial charge in [-0.15, -0.1) is 0 Å². The molecule has 0 radical (unpaired) electrons. The van der Waals surface area contributed by atoms with Gasteiger partial charge in [0.25, 0.3) is 0 Å². The summed E-state index contributed by atoms with van der Waals surface area (Å²) in [6.45, 7) is 4.24. The molecule has 0 fully saturated rings. The molecule has 0 aromatic heterocycles. The van der Waals surface area contributed by atoms with Crippen LogP contribution in [0, 0.1) is 0 Å². The quantitative estimate of drug-likeness (QED) is 0.711. The van der Waals surface area contributed by atoms with Gasteiger partial charge in [-0.3, -0.25) is 0 Å². The number of fused-ring (bicyclic) bond motifs is 1. The second-order valence-electron chi connectivity index (χ2n) is 4.08. The van der Waals surface area contributed by atoms with Crippen LogP contribution < -0.4 is 10.1 Å². The maximum Gasteiger partial charge on any atom is 0.146 e. The van der Waals surface area contributed by atoms with E-state index < -0.39 is 0 Å². The fourth-order valence-corrected chi connectivity index (χ4v) is 1.81. The smallest absolute Gasteiger partial charge is 0.146 e. The van der Waals surface area contributed by atoms with Gasteiger partial charge in [0.05, 0.1) is 5.69 Å². The molecule has 1 aromatic carbocycles. The van der Waals surface area contributed by atoms with Gasteiger partial charge >= 0.3 is 0 Å². The molecule has 0 saturated carbocycles. The third-order valence-electron chi connectivity index (χ3n) is 2.36. The van der Waals surface area contributed by atoms with Gasteiger partial charge in [0.15, 0.2) is 0 Å². The summed E-state index contributed by atoms with van der Waals surface area (Å²) in [6.07, 6.45) is 0.998. The van der Waals surface area contributed by atoms with E-state index in [1.54, 1.807) is 0 Å². The highest BCUT2D eigenvalue weighted by molar-refractivity contribution is 5.61. The summed E-state index contributed by atoms with van der Waals surface area (Å²) in [5.74, 6) is 1.02. The van der Waals surface area contributed by atoms with Crippen LogP contribution in [0.25, 0.3) is 0 Å². The van der Waals surface area contributed by atoms with E-state index in [9.17, 15) is 0 Å². The summed E-state index contributed by atoms with van der Waals surface area (Å²) in [5, 5.41) is 3.14. The Hall–Kier alpha value is -1.18. The molecule has 0 aliphatic carbocycles. The molecule has 1 N–H and O–H groups in total. The zero-order chi connectivity index (χ0) is 9.47. The van der Waals surface area contributed by atoms with Gasteiger partial charge in [-0.2, -0.15) is 0 Å². The predicted octanol–water partition coefficient (Wildman–Crippen LogP) is 2.44.